The van der Waals surface area contributed by atoms with Gasteiger partial charge in [0.25, 0.3) is 0 Å². The Morgan fingerprint density at radius 1 is 1.26 bits per heavy atom. The first-order valence-electron chi connectivity index (χ1n) is 8.43. The lowest BCUT2D eigenvalue weighted by Crippen LogP contribution is -2.37. The van der Waals surface area contributed by atoms with Crippen LogP contribution in [0.25, 0.3) is 0 Å². The maximum absolute atomic E-state index is 12.2. The van der Waals surface area contributed by atoms with Gasteiger partial charge in [-0.3, -0.25) is 4.79 Å². The second-order valence-corrected chi connectivity index (χ2v) is 6.22. The Bertz CT molecular complexity index is 739. The SMILES string of the molecule is COC(=O)C1=CO[C@@H](C)[C@@H](C=O)[C@@H]1CC(=O)OCCc1ccc(O)c(O)c1. The molecule has 8 nitrogen and oxygen atoms in total. The van der Waals surface area contributed by atoms with Crippen molar-refractivity contribution in [1.29, 1.82) is 0 Å². The first kappa shape index (κ1) is 20.3. The maximum Gasteiger partial charge on any atom is 0.337 e. The van der Waals surface area contributed by atoms with E-state index < -0.39 is 29.9 Å². The zero-order valence-corrected chi connectivity index (χ0v) is 15.1. The van der Waals surface area contributed by atoms with Crippen molar-refractivity contribution in [2.45, 2.75) is 25.9 Å². The molecular weight excluding hydrogens is 356 g/mol. The standard InChI is InChI=1S/C19H22O8/c1-11-14(9-20)13(15(10-27-11)19(24)25-2)8-18(23)26-6-5-12-3-4-16(21)17(22)7-12/h3-4,7,9-11,13-14,21-22H,5-6,8H2,1-2H3/t11-,13-,14+/m0/s1. The first-order chi connectivity index (χ1) is 12.9. The Morgan fingerprint density at radius 3 is 2.63 bits per heavy atom. The Morgan fingerprint density at radius 2 is 2.00 bits per heavy atom. The van der Waals surface area contributed by atoms with Gasteiger partial charge in [0.15, 0.2) is 11.5 Å². The van der Waals surface area contributed by atoms with E-state index in [0.717, 1.165) is 0 Å². The zero-order valence-electron chi connectivity index (χ0n) is 15.1. The fourth-order valence-electron chi connectivity index (χ4n) is 2.91. The van der Waals surface area contributed by atoms with Crippen LogP contribution in [-0.2, 0) is 35.0 Å². The number of phenols is 2. The molecule has 0 saturated carbocycles. The Labute approximate surface area is 156 Å². The molecule has 1 aliphatic heterocycles. The molecule has 146 valence electrons. The molecule has 2 rings (SSSR count). The number of esters is 2. The van der Waals surface area contributed by atoms with Crippen molar-refractivity contribution in [1.82, 2.24) is 0 Å². The van der Waals surface area contributed by atoms with Crippen LogP contribution in [0.3, 0.4) is 0 Å². The van der Waals surface area contributed by atoms with E-state index in [2.05, 4.69) is 0 Å². The van der Waals surface area contributed by atoms with Gasteiger partial charge in [-0.25, -0.2) is 4.79 Å². The predicted octanol–water partition coefficient (Wildman–Crippen LogP) is 1.48. The number of ether oxygens (including phenoxy) is 3. The highest BCUT2D eigenvalue weighted by Gasteiger charge is 2.39. The number of benzene rings is 1. The van der Waals surface area contributed by atoms with Crippen LogP contribution < -0.4 is 0 Å². The van der Waals surface area contributed by atoms with E-state index in [-0.39, 0.29) is 30.1 Å². The monoisotopic (exact) mass is 378 g/mol. The summed E-state index contributed by atoms with van der Waals surface area (Å²) in [7, 11) is 1.21. The highest BCUT2D eigenvalue weighted by molar-refractivity contribution is 5.90. The summed E-state index contributed by atoms with van der Waals surface area (Å²) in [6.07, 6.45) is 1.58. The van der Waals surface area contributed by atoms with Gasteiger partial charge in [-0.2, -0.15) is 0 Å². The second kappa shape index (κ2) is 9.07. The van der Waals surface area contributed by atoms with Gasteiger partial charge in [-0.05, 0) is 24.6 Å². The summed E-state index contributed by atoms with van der Waals surface area (Å²) in [5, 5.41) is 18.7. The molecule has 0 spiro atoms. The number of carbonyl (C=O) groups excluding carboxylic acids is 3. The molecule has 0 radical (unpaired) electrons. The summed E-state index contributed by atoms with van der Waals surface area (Å²) in [6, 6.07) is 4.32. The number of hydrogen-bond donors (Lipinski definition) is 2. The molecule has 2 N–H and O–H groups in total. The van der Waals surface area contributed by atoms with E-state index in [0.29, 0.717) is 18.3 Å². The lowest BCUT2D eigenvalue weighted by atomic mass is 9.80. The van der Waals surface area contributed by atoms with E-state index in [9.17, 15) is 24.6 Å². The van der Waals surface area contributed by atoms with Gasteiger partial charge in [0.1, 0.15) is 12.4 Å². The minimum Gasteiger partial charge on any atom is -0.504 e. The molecule has 0 amide bonds. The minimum atomic E-state index is -0.691. The van der Waals surface area contributed by atoms with Gasteiger partial charge in [0.05, 0.1) is 37.9 Å². The summed E-state index contributed by atoms with van der Waals surface area (Å²) in [5.74, 6) is -3.08. The minimum absolute atomic E-state index is 0.0465. The van der Waals surface area contributed by atoms with Crippen molar-refractivity contribution in [3.8, 4) is 11.5 Å². The summed E-state index contributed by atoms with van der Waals surface area (Å²) in [5.41, 5.74) is 0.798. The Hall–Kier alpha value is -3.03. The average Bonchev–Trinajstić information content (AvgIpc) is 2.64. The van der Waals surface area contributed by atoms with Gasteiger partial charge >= 0.3 is 11.9 Å². The number of hydrogen-bond acceptors (Lipinski definition) is 8. The first-order valence-corrected chi connectivity index (χ1v) is 8.43. The van der Waals surface area contributed by atoms with Crippen LogP contribution in [0, 0.1) is 11.8 Å². The van der Waals surface area contributed by atoms with Crippen LogP contribution >= 0.6 is 0 Å². The molecule has 0 aromatic heterocycles. The van der Waals surface area contributed by atoms with Crippen molar-refractivity contribution in [2.24, 2.45) is 11.8 Å². The van der Waals surface area contributed by atoms with Crippen molar-refractivity contribution >= 4 is 18.2 Å². The number of aldehydes is 1. The largest absolute Gasteiger partial charge is 0.504 e. The molecule has 3 atom stereocenters. The van der Waals surface area contributed by atoms with Gasteiger partial charge in [-0.1, -0.05) is 6.07 Å². The molecule has 1 heterocycles. The van der Waals surface area contributed by atoms with Crippen molar-refractivity contribution in [3.05, 3.63) is 35.6 Å². The summed E-state index contributed by atoms with van der Waals surface area (Å²) in [6.45, 7) is 1.73. The highest BCUT2D eigenvalue weighted by Crippen LogP contribution is 2.33. The van der Waals surface area contributed by atoms with Gasteiger partial charge < -0.3 is 29.2 Å². The van der Waals surface area contributed by atoms with Gasteiger partial charge in [0, 0.05) is 12.3 Å². The lowest BCUT2D eigenvalue weighted by molar-refractivity contribution is -0.146. The molecule has 27 heavy (non-hydrogen) atoms. The highest BCUT2D eigenvalue weighted by atomic mass is 16.5. The normalized spacial score (nSPS) is 21.6. The summed E-state index contributed by atoms with van der Waals surface area (Å²) >= 11 is 0. The van der Waals surface area contributed by atoms with Crippen LogP contribution in [0.4, 0.5) is 0 Å². The van der Waals surface area contributed by atoms with Crippen molar-refractivity contribution in [2.75, 3.05) is 13.7 Å². The Balaban J connectivity index is 1.97. The number of phenolic OH excluding ortho intramolecular Hbond substituents is 2. The summed E-state index contributed by atoms with van der Waals surface area (Å²) < 4.78 is 15.2. The smallest absolute Gasteiger partial charge is 0.337 e. The fourth-order valence-corrected chi connectivity index (χ4v) is 2.91. The van der Waals surface area contributed by atoms with Crippen LogP contribution in [-0.4, -0.2) is 48.3 Å². The van der Waals surface area contributed by atoms with Crippen LogP contribution in [0.2, 0.25) is 0 Å². The van der Waals surface area contributed by atoms with E-state index >= 15 is 0 Å². The van der Waals surface area contributed by atoms with E-state index in [1.807, 2.05) is 0 Å². The third kappa shape index (κ3) is 4.99. The predicted molar refractivity (Wildman–Crippen MR) is 92.7 cm³/mol. The quantitative estimate of drug-likeness (QED) is 0.416. The molecule has 8 heteroatoms. The molecule has 0 aliphatic carbocycles. The lowest BCUT2D eigenvalue weighted by Gasteiger charge is -2.32. The molecule has 1 aromatic rings. The Kier molecular flexibility index (Phi) is 6.81. The van der Waals surface area contributed by atoms with Crippen LogP contribution in [0.15, 0.2) is 30.0 Å². The zero-order chi connectivity index (χ0) is 20.0. The number of rotatable bonds is 7. The number of carbonyl (C=O) groups is 3. The van der Waals surface area contributed by atoms with Crippen LogP contribution in [0.1, 0.15) is 18.9 Å². The summed E-state index contributed by atoms with van der Waals surface area (Å²) in [4.78, 5) is 35.5. The number of aromatic hydroxyl groups is 2. The van der Waals surface area contributed by atoms with Gasteiger partial charge in [-0.15, -0.1) is 0 Å². The third-order valence-electron chi connectivity index (χ3n) is 4.47. The topological polar surface area (TPSA) is 119 Å². The van der Waals surface area contributed by atoms with E-state index in [4.69, 9.17) is 14.2 Å². The third-order valence-corrected chi connectivity index (χ3v) is 4.47. The molecule has 0 fully saturated rings. The van der Waals surface area contributed by atoms with E-state index in [1.165, 1.54) is 25.5 Å². The molecule has 0 bridgehead atoms. The molecular formula is C19H22O8. The molecule has 1 aliphatic rings. The maximum atomic E-state index is 12.2. The average molecular weight is 378 g/mol. The molecule has 1 aromatic carbocycles. The fraction of sp³-hybridized carbons (Fsp3) is 0.421. The van der Waals surface area contributed by atoms with E-state index in [1.54, 1.807) is 13.0 Å². The molecule has 0 saturated heterocycles. The second-order valence-electron chi connectivity index (χ2n) is 6.22. The number of methoxy groups -OCH3 is 1. The van der Waals surface area contributed by atoms with Gasteiger partial charge in [0.2, 0.25) is 0 Å². The van der Waals surface area contributed by atoms with Crippen LogP contribution in [0.5, 0.6) is 11.5 Å². The van der Waals surface area contributed by atoms with Crippen molar-refractivity contribution in [3.63, 3.8) is 0 Å². The molecule has 0 unspecified atom stereocenters. The van der Waals surface area contributed by atoms with Crippen molar-refractivity contribution < 1.29 is 38.8 Å².